The normalized spacial score (nSPS) is 10.7. The summed E-state index contributed by atoms with van der Waals surface area (Å²) >= 11 is 0. The monoisotopic (exact) mass is 356 g/mol. The molecule has 26 heavy (non-hydrogen) atoms. The maximum Gasteiger partial charge on any atom is 0.321 e. The van der Waals surface area contributed by atoms with E-state index in [2.05, 4.69) is 5.32 Å². The molecular formula is C21H28N2O3. The number of nitrogens with one attached hydrogen (secondary N) is 1. The molecule has 0 fully saturated rings. The first-order valence-electron chi connectivity index (χ1n) is 8.88. The van der Waals surface area contributed by atoms with E-state index >= 15 is 0 Å². The Balaban J connectivity index is 1.90. The second-order valence-electron chi connectivity index (χ2n) is 6.76. The van der Waals surface area contributed by atoms with Gasteiger partial charge >= 0.3 is 6.03 Å². The van der Waals surface area contributed by atoms with Gasteiger partial charge in [0.15, 0.2) is 0 Å². The third kappa shape index (κ3) is 5.99. The third-order valence-electron chi connectivity index (χ3n) is 3.64. The molecule has 0 aromatic heterocycles. The van der Waals surface area contributed by atoms with E-state index in [9.17, 15) is 4.79 Å². The fourth-order valence-electron chi connectivity index (χ4n) is 2.33. The van der Waals surface area contributed by atoms with E-state index in [0.29, 0.717) is 6.61 Å². The lowest BCUT2D eigenvalue weighted by atomic mass is 10.2. The van der Waals surface area contributed by atoms with Crippen molar-refractivity contribution in [2.24, 2.45) is 0 Å². The van der Waals surface area contributed by atoms with Crippen molar-refractivity contribution in [2.45, 2.75) is 46.4 Å². The molecule has 2 rings (SSSR count). The summed E-state index contributed by atoms with van der Waals surface area (Å²) in [5.41, 5.74) is 1.88. The van der Waals surface area contributed by atoms with Crippen LogP contribution in [-0.2, 0) is 6.61 Å². The van der Waals surface area contributed by atoms with Crippen LogP contribution in [0.3, 0.4) is 0 Å². The first kappa shape index (κ1) is 19.6. The number of rotatable bonds is 7. The number of urea groups is 1. The Hall–Kier alpha value is -2.69. The van der Waals surface area contributed by atoms with Gasteiger partial charge in [-0.25, -0.2) is 4.79 Å². The van der Waals surface area contributed by atoms with Gasteiger partial charge in [0.1, 0.15) is 18.1 Å². The standard InChI is InChI=1S/C21H28N2O3/c1-15(2)22-21(24)23(5)18-8-12-19(13-9-18)25-14-17-6-10-20(11-7-17)26-16(3)4/h6-13,15-16H,14H2,1-5H3,(H,22,24). The highest BCUT2D eigenvalue weighted by Gasteiger charge is 2.11. The van der Waals surface area contributed by atoms with Gasteiger partial charge in [0.05, 0.1) is 6.10 Å². The average molecular weight is 356 g/mol. The van der Waals surface area contributed by atoms with Crippen molar-refractivity contribution in [3.05, 3.63) is 54.1 Å². The number of carbonyl (C=O) groups is 1. The highest BCUT2D eigenvalue weighted by molar-refractivity contribution is 5.91. The summed E-state index contributed by atoms with van der Waals surface area (Å²) in [5.74, 6) is 1.62. The molecule has 0 unspecified atom stereocenters. The predicted octanol–water partition coefficient (Wildman–Crippen LogP) is 4.61. The second kappa shape index (κ2) is 9.13. The Morgan fingerprint density at radius 1 is 0.962 bits per heavy atom. The van der Waals surface area contributed by atoms with Crippen LogP contribution in [0, 0.1) is 0 Å². The van der Waals surface area contributed by atoms with Crippen LogP contribution in [0.2, 0.25) is 0 Å². The Morgan fingerprint density at radius 2 is 1.54 bits per heavy atom. The van der Waals surface area contributed by atoms with Crippen molar-refractivity contribution in [1.29, 1.82) is 0 Å². The number of carbonyl (C=O) groups excluding carboxylic acids is 1. The van der Waals surface area contributed by atoms with Crippen molar-refractivity contribution in [3.63, 3.8) is 0 Å². The van der Waals surface area contributed by atoms with Gasteiger partial charge in [-0.05, 0) is 69.7 Å². The Kier molecular flexibility index (Phi) is 6.89. The van der Waals surface area contributed by atoms with Crippen LogP contribution >= 0.6 is 0 Å². The number of hydrogen-bond acceptors (Lipinski definition) is 3. The van der Waals surface area contributed by atoms with Gasteiger partial charge in [-0.2, -0.15) is 0 Å². The minimum atomic E-state index is -0.127. The lowest BCUT2D eigenvalue weighted by Crippen LogP contribution is -2.40. The van der Waals surface area contributed by atoms with Crippen LogP contribution < -0.4 is 19.7 Å². The van der Waals surface area contributed by atoms with Gasteiger partial charge in [0, 0.05) is 18.8 Å². The molecular weight excluding hydrogens is 328 g/mol. The van der Waals surface area contributed by atoms with Gasteiger partial charge in [-0.15, -0.1) is 0 Å². The summed E-state index contributed by atoms with van der Waals surface area (Å²) in [6.45, 7) is 8.36. The van der Waals surface area contributed by atoms with Crippen LogP contribution in [0.5, 0.6) is 11.5 Å². The van der Waals surface area contributed by atoms with Gasteiger partial charge in [-0.1, -0.05) is 12.1 Å². The molecule has 0 bridgehead atoms. The van der Waals surface area contributed by atoms with E-state index in [1.54, 1.807) is 11.9 Å². The SMILES string of the molecule is CC(C)NC(=O)N(C)c1ccc(OCc2ccc(OC(C)C)cc2)cc1. The Bertz CT molecular complexity index is 694. The summed E-state index contributed by atoms with van der Waals surface area (Å²) in [6, 6.07) is 15.3. The van der Waals surface area contributed by atoms with Gasteiger partial charge in [0.2, 0.25) is 0 Å². The van der Waals surface area contributed by atoms with E-state index in [0.717, 1.165) is 22.7 Å². The maximum atomic E-state index is 12.0. The molecule has 2 amide bonds. The molecule has 0 saturated carbocycles. The van der Waals surface area contributed by atoms with Gasteiger partial charge in [0.25, 0.3) is 0 Å². The molecule has 0 heterocycles. The van der Waals surface area contributed by atoms with Crippen molar-refractivity contribution < 1.29 is 14.3 Å². The molecule has 2 aromatic rings. The molecule has 5 heteroatoms. The quantitative estimate of drug-likeness (QED) is 0.788. The van der Waals surface area contributed by atoms with Crippen molar-refractivity contribution >= 4 is 11.7 Å². The van der Waals surface area contributed by atoms with E-state index < -0.39 is 0 Å². The lowest BCUT2D eigenvalue weighted by molar-refractivity contribution is 0.242. The number of ether oxygens (including phenoxy) is 2. The third-order valence-corrected chi connectivity index (χ3v) is 3.64. The summed E-state index contributed by atoms with van der Waals surface area (Å²) < 4.78 is 11.4. The minimum absolute atomic E-state index is 0.102. The zero-order valence-corrected chi connectivity index (χ0v) is 16.2. The molecule has 140 valence electrons. The van der Waals surface area contributed by atoms with Crippen LogP contribution in [0.25, 0.3) is 0 Å². The minimum Gasteiger partial charge on any atom is -0.491 e. The fourth-order valence-corrected chi connectivity index (χ4v) is 2.33. The molecule has 5 nitrogen and oxygen atoms in total. The van der Waals surface area contributed by atoms with Gasteiger partial charge in [-0.3, -0.25) is 4.90 Å². The zero-order valence-electron chi connectivity index (χ0n) is 16.2. The fraction of sp³-hybridized carbons (Fsp3) is 0.381. The Morgan fingerprint density at radius 3 is 2.08 bits per heavy atom. The van der Waals surface area contributed by atoms with Crippen LogP contribution in [0.4, 0.5) is 10.5 Å². The van der Waals surface area contributed by atoms with Crippen molar-refractivity contribution in [2.75, 3.05) is 11.9 Å². The molecule has 0 spiro atoms. The molecule has 0 aliphatic heterocycles. The highest BCUT2D eigenvalue weighted by Crippen LogP contribution is 2.20. The smallest absolute Gasteiger partial charge is 0.321 e. The molecule has 0 aliphatic rings. The van der Waals surface area contributed by atoms with E-state index in [-0.39, 0.29) is 18.2 Å². The van der Waals surface area contributed by atoms with E-state index in [4.69, 9.17) is 9.47 Å². The summed E-state index contributed by atoms with van der Waals surface area (Å²) in [4.78, 5) is 13.6. The van der Waals surface area contributed by atoms with Crippen LogP contribution in [0.1, 0.15) is 33.3 Å². The van der Waals surface area contributed by atoms with Crippen LogP contribution in [0.15, 0.2) is 48.5 Å². The zero-order chi connectivity index (χ0) is 19.1. The number of benzene rings is 2. The van der Waals surface area contributed by atoms with Crippen molar-refractivity contribution in [1.82, 2.24) is 5.32 Å². The summed E-state index contributed by atoms with van der Waals surface area (Å²) in [7, 11) is 1.74. The average Bonchev–Trinajstić information content (AvgIpc) is 2.60. The molecule has 0 atom stereocenters. The topological polar surface area (TPSA) is 50.8 Å². The van der Waals surface area contributed by atoms with E-state index in [1.807, 2.05) is 76.2 Å². The molecule has 0 aliphatic carbocycles. The first-order chi connectivity index (χ1) is 12.3. The van der Waals surface area contributed by atoms with Gasteiger partial charge < -0.3 is 14.8 Å². The van der Waals surface area contributed by atoms with Crippen molar-refractivity contribution in [3.8, 4) is 11.5 Å². The number of amides is 2. The number of nitrogens with zero attached hydrogens (tertiary/aromatic N) is 1. The van der Waals surface area contributed by atoms with E-state index in [1.165, 1.54) is 0 Å². The Labute approximate surface area is 155 Å². The first-order valence-corrected chi connectivity index (χ1v) is 8.88. The molecule has 0 saturated heterocycles. The molecule has 2 aromatic carbocycles. The molecule has 1 N–H and O–H groups in total. The predicted molar refractivity (Wildman–Crippen MR) is 105 cm³/mol. The summed E-state index contributed by atoms with van der Waals surface area (Å²) in [6.07, 6.45) is 0.163. The molecule has 0 radical (unpaired) electrons. The number of hydrogen-bond donors (Lipinski definition) is 1. The largest absolute Gasteiger partial charge is 0.491 e. The second-order valence-corrected chi connectivity index (χ2v) is 6.76. The van der Waals surface area contributed by atoms with Crippen LogP contribution in [-0.4, -0.2) is 25.2 Å². The number of anilines is 1. The highest BCUT2D eigenvalue weighted by atomic mass is 16.5. The lowest BCUT2D eigenvalue weighted by Gasteiger charge is -2.20. The maximum absolute atomic E-state index is 12.0. The summed E-state index contributed by atoms with van der Waals surface area (Å²) in [5, 5.41) is 2.86.